The number of benzene rings is 1. The summed E-state index contributed by atoms with van der Waals surface area (Å²) in [6.45, 7) is 4.26. The van der Waals surface area contributed by atoms with Crippen LogP contribution in [0.4, 0.5) is 0 Å². The third-order valence-electron chi connectivity index (χ3n) is 4.43. The SMILES string of the molecule is COc1ccc2nc(C3CC3)cc(C(=O)NCC(C)(C)CO)c2c1. The van der Waals surface area contributed by atoms with Crippen molar-refractivity contribution in [1.82, 2.24) is 10.3 Å². The molecule has 0 saturated heterocycles. The van der Waals surface area contributed by atoms with Crippen molar-refractivity contribution in [2.45, 2.75) is 32.6 Å². The largest absolute Gasteiger partial charge is 0.497 e. The first-order valence-electron chi connectivity index (χ1n) is 8.31. The van der Waals surface area contributed by atoms with E-state index in [0.717, 1.165) is 29.4 Å². The van der Waals surface area contributed by atoms with Crippen LogP contribution in [0.3, 0.4) is 0 Å². The molecule has 3 rings (SSSR count). The number of carbonyl (C=O) groups is 1. The molecule has 0 bridgehead atoms. The highest BCUT2D eigenvalue weighted by molar-refractivity contribution is 6.06. The molecular weight excluding hydrogens is 304 g/mol. The van der Waals surface area contributed by atoms with Crippen molar-refractivity contribution < 1.29 is 14.6 Å². The number of hydrogen-bond donors (Lipinski definition) is 2. The zero-order valence-electron chi connectivity index (χ0n) is 14.4. The van der Waals surface area contributed by atoms with Crippen LogP contribution in [0.5, 0.6) is 5.75 Å². The van der Waals surface area contributed by atoms with Crippen molar-refractivity contribution >= 4 is 16.8 Å². The summed E-state index contributed by atoms with van der Waals surface area (Å²) in [7, 11) is 1.61. The predicted molar refractivity (Wildman–Crippen MR) is 93.5 cm³/mol. The maximum absolute atomic E-state index is 12.8. The minimum Gasteiger partial charge on any atom is -0.497 e. The van der Waals surface area contributed by atoms with Crippen LogP contribution >= 0.6 is 0 Å². The number of aliphatic hydroxyl groups excluding tert-OH is 1. The Kier molecular flexibility index (Phi) is 4.45. The summed E-state index contributed by atoms with van der Waals surface area (Å²) in [4.78, 5) is 17.5. The number of nitrogens with one attached hydrogen (secondary N) is 1. The van der Waals surface area contributed by atoms with E-state index < -0.39 is 0 Å². The number of pyridine rings is 1. The first-order valence-corrected chi connectivity index (χ1v) is 8.31. The number of methoxy groups -OCH3 is 1. The maximum atomic E-state index is 12.8. The maximum Gasteiger partial charge on any atom is 0.252 e. The van der Waals surface area contributed by atoms with Gasteiger partial charge in [-0.25, -0.2) is 0 Å². The number of amides is 1. The average Bonchev–Trinajstić information content (AvgIpc) is 3.43. The second kappa shape index (κ2) is 6.40. The van der Waals surface area contributed by atoms with Crippen LogP contribution in [0.1, 0.15) is 48.7 Å². The average molecular weight is 328 g/mol. The number of aliphatic hydroxyl groups is 1. The van der Waals surface area contributed by atoms with Gasteiger partial charge in [-0.3, -0.25) is 9.78 Å². The van der Waals surface area contributed by atoms with Gasteiger partial charge in [0, 0.05) is 35.6 Å². The highest BCUT2D eigenvalue weighted by Crippen LogP contribution is 2.40. The Hall–Kier alpha value is -2.14. The van der Waals surface area contributed by atoms with Gasteiger partial charge in [-0.05, 0) is 37.1 Å². The fourth-order valence-electron chi connectivity index (χ4n) is 2.60. The van der Waals surface area contributed by atoms with Crippen LogP contribution in [-0.2, 0) is 0 Å². The van der Waals surface area contributed by atoms with Gasteiger partial charge in [-0.15, -0.1) is 0 Å². The van der Waals surface area contributed by atoms with Crippen LogP contribution in [0.25, 0.3) is 10.9 Å². The molecule has 1 heterocycles. The molecule has 0 spiro atoms. The summed E-state index contributed by atoms with van der Waals surface area (Å²) >= 11 is 0. The molecule has 0 radical (unpaired) electrons. The molecule has 1 aromatic heterocycles. The van der Waals surface area contributed by atoms with Crippen molar-refractivity contribution in [2.24, 2.45) is 5.41 Å². The number of aromatic nitrogens is 1. The van der Waals surface area contributed by atoms with Crippen LogP contribution in [-0.4, -0.2) is 36.3 Å². The molecule has 1 aliphatic rings. The van der Waals surface area contributed by atoms with Crippen LogP contribution in [0.2, 0.25) is 0 Å². The van der Waals surface area contributed by atoms with Gasteiger partial charge < -0.3 is 15.2 Å². The molecule has 128 valence electrons. The second-order valence-corrected chi connectivity index (χ2v) is 7.26. The van der Waals surface area contributed by atoms with Gasteiger partial charge in [0.15, 0.2) is 0 Å². The molecule has 0 unspecified atom stereocenters. The van der Waals surface area contributed by atoms with Crippen molar-refractivity contribution in [2.75, 3.05) is 20.3 Å². The molecule has 24 heavy (non-hydrogen) atoms. The number of rotatable bonds is 6. The monoisotopic (exact) mass is 328 g/mol. The van der Waals surface area contributed by atoms with Crippen LogP contribution in [0.15, 0.2) is 24.3 Å². The van der Waals surface area contributed by atoms with Gasteiger partial charge in [-0.1, -0.05) is 13.8 Å². The van der Waals surface area contributed by atoms with E-state index in [-0.39, 0.29) is 17.9 Å². The Morgan fingerprint density at radius 1 is 1.38 bits per heavy atom. The summed E-state index contributed by atoms with van der Waals surface area (Å²) < 4.78 is 5.29. The van der Waals surface area contributed by atoms with E-state index in [0.29, 0.717) is 23.8 Å². The summed E-state index contributed by atoms with van der Waals surface area (Å²) in [6.07, 6.45) is 2.26. The van der Waals surface area contributed by atoms with Gasteiger partial charge >= 0.3 is 0 Å². The number of nitrogens with zero attached hydrogens (tertiary/aromatic N) is 1. The number of carbonyl (C=O) groups excluding carboxylic acids is 1. The summed E-state index contributed by atoms with van der Waals surface area (Å²) in [5, 5.41) is 13.1. The smallest absolute Gasteiger partial charge is 0.252 e. The molecule has 2 aromatic rings. The highest BCUT2D eigenvalue weighted by atomic mass is 16.5. The summed E-state index contributed by atoms with van der Waals surface area (Å²) in [5.41, 5.74) is 2.07. The molecule has 1 saturated carbocycles. The first-order chi connectivity index (χ1) is 11.4. The Bertz CT molecular complexity index is 767. The lowest BCUT2D eigenvalue weighted by molar-refractivity contribution is 0.0912. The second-order valence-electron chi connectivity index (χ2n) is 7.26. The Balaban J connectivity index is 1.98. The van der Waals surface area contributed by atoms with E-state index in [1.807, 2.05) is 38.1 Å². The van der Waals surface area contributed by atoms with Gasteiger partial charge in [-0.2, -0.15) is 0 Å². The van der Waals surface area contributed by atoms with E-state index in [1.165, 1.54) is 0 Å². The topological polar surface area (TPSA) is 71.5 Å². The van der Waals surface area contributed by atoms with Crippen molar-refractivity contribution in [3.63, 3.8) is 0 Å². The molecule has 1 fully saturated rings. The molecule has 1 aromatic carbocycles. The first kappa shape index (κ1) is 16.7. The zero-order chi connectivity index (χ0) is 17.3. The molecule has 2 N–H and O–H groups in total. The Morgan fingerprint density at radius 2 is 2.12 bits per heavy atom. The van der Waals surface area contributed by atoms with Gasteiger partial charge in [0.2, 0.25) is 0 Å². The molecule has 1 amide bonds. The van der Waals surface area contributed by atoms with Crippen molar-refractivity contribution in [1.29, 1.82) is 0 Å². The minimum absolute atomic E-state index is 0.0194. The number of fused-ring (bicyclic) bond motifs is 1. The van der Waals surface area contributed by atoms with E-state index in [9.17, 15) is 9.90 Å². The fourth-order valence-corrected chi connectivity index (χ4v) is 2.60. The Morgan fingerprint density at radius 3 is 2.75 bits per heavy atom. The Labute approximate surface area is 142 Å². The van der Waals surface area contributed by atoms with Crippen molar-refractivity contribution in [3.8, 4) is 5.75 Å². The zero-order valence-corrected chi connectivity index (χ0v) is 14.4. The molecule has 5 nitrogen and oxygen atoms in total. The van der Waals surface area contributed by atoms with Gasteiger partial charge in [0.25, 0.3) is 5.91 Å². The lowest BCUT2D eigenvalue weighted by Crippen LogP contribution is -2.36. The highest BCUT2D eigenvalue weighted by Gasteiger charge is 2.27. The predicted octanol–water partition coefficient (Wildman–Crippen LogP) is 2.87. The van der Waals surface area contributed by atoms with E-state index in [1.54, 1.807) is 7.11 Å². The standard InChI is InChI=1S/C19H24N2O3/c1-19(2,11-22)10-20-18(23)15-9-17(12-4-5-12)21-16-7-6-13(24-3)8-14(15)16/h6-9,12,22H,4-5,10-11H2,1-3H3,(H,20,23). The quantitative estimate of drug-likeness (QED) is 0.855. The van der Waals surface area contributed by atoms with Gasteiger partial charge in [0.05, 0.1) is 18.2 Å². The molecule has 1 aliphatic carbocycles. The van der Waals surface area contributed by atoms with Crippen molar-refractivity contribution in [3.05, 3.63) is 35.5 Å². The number of ether oxygens (including phenoxy) is 1. The summed E-state index contributed by atoms with van der Waals surface area (Å²) in [5.74, 6) is 1.03. The molecule has 0 aliphatic heterocycles. The lowest BCUT2D eigenvalue weighted by Gasteiger charge is -2.22. The van der Waals surface area contributed by atoms with Gasteiger partial charge in [0.1, 0.15) is 5.75 Å². The summed E-state index contributed by atoms with van der Waals surface area (Å²) in [6, 6.07) is 7.52. The van der Waals surface area contributed by atoms with E-state index in [4.69, 9.17) is 9.72 Å². The lowest BCUT2D eigenvalue weighted by atomic mass is 9.94. The molecule has 0 atom stereocenters. The number of hydrogen-bond acceptors (Lipinski definition) is 4. The van der Waals surface area contributed by atoms with E-state index in [2.05, 4.69) is 5.32 Å². The fraction of sp³-hybridized carbons (Fsp3) is 0.474. The third-order valence-corrected chi connectivity index (χ3v) is 4.43. The van der Waals surface area contributed by atoms with E-state index >= 15 is 0 Å². The molecular formula is C19H24N2O3. The minimum atomic E-state index is -0.352. The van der Waals surface area contributed by atoms with Crippen LogP contribution < -0.4 is 10.1 Å². The molecule has 5 heteroatoms. The third kappa shape index (κ3) is 3.51. The van der Waals surface area contributed by atoms with Crippen LogP contribution in [0, 0.1) is 5.41 Å². The normalized spacial score (nSPS) is 14.7.